The smallest absolute Gasteiger partial charge is 0.240 e. The Kier molecular flexibility index (Phi) is 3.50. The molecule has 0 saturated heterocycles. The summed E-state index contributed by atoms with van der Waals surface area (Å²) in [6, 6.07) is 4.54. The van der Waals surface area contributed by atoms with Crippen molar-refractivity contribution >= 4 is 27.5 Å². The fourth-order valence-electron chi connectivity index (χ4n) is 1.31. The Hall–Kier alpha value is -1.64. The van der Waals surface area contributed by atoms with E-state index in [1.165, 1.54) is 17.8 Å². The van der Waals surface area contributed by atoms with Crippen LogP contribution < -0.4 is 10.9 Å². The fraction of sp³-hybridized carbons (Fsp3) is 0. The molecule has 0 saturated carbocycles. The van der Waals surface area contributed by atoms with Crippen LogP contribution in [-0.2, 0) is 10.0 Å². The zero-order valence-corrected chi connectivity index (χ0v) is 10.8. The molecule has 0 bridgehead atoms. The van der Waals surface area contributed by atoms with Crippen LogP contribution in [0.25, 0.3) is 0 Å². The predicted octanol–water partition coefficient (Wildman–Crippen LogP) is 0.857. The largest absolute Gasteiger partial charge is 0.398 e. The molecule has 0 spiro atoms. The van der Waals surface area contributed by atoms with Gasteiger partial charge in [0.15, 0.2) is 0 Å². The highest BCUT2D eigenvalue weighted by Gasteiger charge is 2.12. The molecule has 1 aromatic carbocycles. The highest BCUT2D eigenvalue weighted by molar-refractivity contribution is 7.99. The van der Waals surface area contributed by atoms with Crippen molar-refractivity contribution in [3.05, 3.63) is 36.8 Å². The highest BCUT2D eigenvalue weighted by Crippen LogP contribution is 2.29. The monoisotopic (exact) mass is 282 g/mol. The number of benzene rings is 1. The van der Waals surface area contributed by atoms with E-state index in [4.69, 9.17) is 10.9 Å². The Bertz CT molecular complexity index is 659. The number of anilines is 1. The first-order valence-corrected chi connectivity index (χ1v) is 7.19. The van der Waals surface area contributed by atoms with Crippen molar-refractivity contribution in [1.29, 1.82) is 0 Å². The fourth-order valence-corrected chi connectivity index (χ4v) is 2.74. The molecular formula is C10H10N4O2S2. The number of hydrogen-bond donors (Lipinski definition) is 2. The summed E-state index contributed by atoms with van der Waals surface area (Å²) in [5.41, 5.74) is 5.77. The van der Waals surface area contributed by atoms with E-state index < -0.39 is 10.0 Å². The molecule has 2 aromatic rings. The van der Waals surface area contributed by atoms with Crippen molar-refractivity contribution in [2.45, 2.75) is 14.8 Å². The molecule has 6 nitrogen and oxygen atoms in total. The lowest BCUT2D eigenvalue weighted by molar-refractivity contribution is 0.598. The van der Waals surface area contributed by atoms with E-state index in [2.05, 4.69) is 9.97 Å². The SMILES string of the molecule is Nc1cc(Sc2cnccn2)ccc1S(N)(=O)=O. The lowest BCUT2D eigenvalue weighted by Gasteiger charge is -2.05. The summed E-state index contributed by atoms with van der Waals surface area (Å²) >= 11 is 1.33. The van der Waals surface area contributed by atoms with Crippen LogP contribution in [0.3, 0.4) is 0 Å². The Balaban J connectivity index is 2.30. The molecule has 8 heteroatoms. The molecule has 0 aliphatic rings. The van der Waals surface area contributed by atoms with E-state index in [1.54, 1.807) is 30.7 Å². The zero-order valence-electron chi connectivity index (χ0n) is 9.15. The summed E-state index contributed by atoms with van der Waals surface area (Å²) in [6.07, 6.45) is 4.75. The highest BCUT2D eigenvalue weighted by atomic mass is 32.2. The van der Waals surface area contributed by atoms with Gasteiger partial charge in [0, 0.05) is 17.3 Å². The first kappa shape index (κ1) is 12.8. The maximum atomic E-state index is 11.2. The lowest BCUT2D eigenvalue weighted by Crippen LogP contribution is -2.14. The van der Waals surface area contributed by atoms with E-state index >= 15 is 0 Å². The van der Waals surface area contributed by atoms with Crippen molar-refractivity contribution in [2.24, 2.45) is 5.14 Å². The van der Waals surface area contributed by atoms with Crippen molar-refractivity contribution in [3.8, 4) is 0 Å². The molecule has 18 heavy (non-hydrogen) atoms. The van der Waals surface area contributed by atoms with E-state index in [9.17, 15) is 8.42 Å². The van der Waals surface area contributed by atoms with Crippen molar-refractivity contribution in [3.63, 3.8) is 0 Å². The van der Waals surface area contributed by atoms with E-state index in [0.717, 1.165) is 4.90 Å². The standard InChI is InChI=1S/C10H10N4O2S2/c11-8-5-7(1-2-9(8)18(12,15)16)17-10-6-13-3-4-14-10/h1-6H,11H2,(H2,12,15,16). The summed E-state index contributed by atoms with van der Waals surface area (Å²) in [5, 5.41) is 5.72. The summed E-state index contributed by atoms with van der Waals surface area (Å²) in [7, 11) is -3.79. The van der Waals surface area contributed by atoms with Crippen LogP contribution in [0, 0.1) is 0 Å². The molecule has 0 unspecified atom stereocenters. The number of aromatic nitrogens is 2. The van der Waals surface area contributed by atoms with Gasteiger partial charge >= 0.3 is 0 Å². The van der Waals surface area contributed by atoms with Crippen LogP contribution in [0.4, 0.5) is 5.69 Å². The first-order chi connectivity index (χ1) is 8.47. The van der Waals surface area contributed by atoms with Gasteiger partial charge in [-0.3, -0.25) is 4.98 Å². The molecule has 0 aliphatic heterocycles. The summed E-state index contributed by atoms with van der Waals surface area (Å²) < 4.78 is 22.4. The topological polar surface area (TPSA) is 112 Å². The molecule has 4 N–H and O–H groups in total. The third-order valence-corrected chi connectivity index (χ3v) is 3.94. The predicted molar refractivity (Wildman–Crippen MR) is 68.4 cm³/mol. The Morgan fingerprint density at radius 3 is 2.56 bits per heavy atom. The van der Waals surface area contributed by atoms with Gasteiger partial charge in [-0.1, -0.05) is 11.8 Å². The minimum atomic E-state index is -3.79. The minimum absolute atomic E-state index is 0.0778. The molecule has 1 aromatic heterocycles. The second-order valence-corrected chi connectivity index (χ2v) is 6.01. The van der Waals surface area contributed by atoms with Gasteiger partial charge in [0.2, 0.25) is 10.0 Å². The molecule has 0 radical (unpaired) electrons. The number of rotatable bonds is 3. The van der Waals surface area contributed by atoms with Crippen molar-refractivity contribution < 1.29 is 8.42 Å². The number of nitrogens with two attached hydrogens (primary N) is 2. The van der Waals surface area contributed by atoms with Gasteiger partial charge in [0.1, 0.15) is 9.92 Å². The Morgan fingerprint density at radius 2 is 2.00 bits per heavy atom. The second kappa shape index (κ2) is 4.92. The second-order valence-electron chi connectivity index (χ2n) is 3.39. The Labute approximate surface area is 108 Å². The first-order valence-electron chi connectivity index (χ1n) is 4.83. The molecule has 0 aliphatic carbocycles. The minimum Gasteiger partial charge on any atom is -0.398 e. The molecule has 0 amide bonds. The number of nitrogens with zero attached hydrogens (tertiary/aromatic N) is 2. The number of nitrogen functional groups attached to an aromatic ring is 1. The van der Waals surface area contributed by atoms with Crippen LogP contribution in [0.1, 0.15) is 0 Å². The van der Waals surface area contributed by atoms with E-state index in [0.29, 0.717) is 5.03 Å². The van der Waals surface area contributed by atoms with Crippen LogP contribution in [-0.4, -0.2) is 18.4 Å². The Morgan fingerprint density at radius 1 is 1.22 bits per heavy atom. The number of sulfonamides is 1. The van der Waals surface area contributed by atoms with Crippen LogP contribution in [0.15, 0.2) is 51.6 Å². The number of hydrogen-bond acceptors (Lipinski definition) is 6. The van der Waals surface area contributed by atoms with Crippen LogP contribution in [0.5, 0.6) is 0 Å². The summed E-state index contributed by atoms with van der Waals surface area (Å²) in [5.74, 6) is 0. The maximum absolute atomic E-state index is 11.2. The van der Waals surface area contributed by atoms with Gasteiger partial charge in [0.25, 0.3) is 0 Å². The molecule has 2 rings (SSSR count). The zero-order chi connectivity index (χ0) is 13.2. The van der Waals surface area contributed by atoms with Crippen LogP contribution >= 0.6 is 11.8 Å². The average Bonchev–Trinajstić information content (AvgIpc) is 2.28. The third-order valence-electron chi connectivity index (χ3n) is 2.05. The normalized spacial score (nSPS) is 11.4. The van der Waals surface area contributed by atoms with Gasteiger partial charge in [-0.05, 0) is 18.2 Å². The van der Waals surface area contributed by atoms with Crippen LogP contribution in [0.2, 0.25) is 0 Å². The van der Waals surface area contributed by atoms with Gasteiger partial charge < -0.3 is 5.73 Å². The quantitative estimate of drug-likeness (QED) is 0.807. The number of primary sulfonamides is 1. The van der Waals surface area contributed by atoms with E-state index in [1.807, 2.05) is 0 Å². The summed E-state index contributed by atoms with van der Waals surface area (Å²) in [6.45, 7) is 0. The van der Waals surface area contributed by atoms with Gasteiger partial charge in [-0.25, -0.2) is 18.5 Å². The lowest BCUT2D eigenvalue weighted by atomic mass is 10.3. The van der Waals surface area contributed by atoms with Gasteiger partial charge in [-0.2, -0.15) is 0 Å². The van der Waals surface area contributed by atoms with Gasteiger partial charge in [-0.15, -0.1) is 0 Å². The maximum Gasteiger partial charge on any atom is 0.240 e. The summed E-state index contributed by atoms with van der Waals surface area (Å²) in [4.78, 5) is 8.71. The molecule has 94 valence electrons. The molecular weight excluding hydrogens is 272 g/mol. The average molecular weight is 282 g/mol. The molecule has 1 heterocycles. The van der Waals surface area contributed by atoms with Gasteiger partial charge in [0.05, 0.1) is 11.9 Å². The van der Waals surface area contributed by atoms with Crippen molar-refractivity contribution in [1.82, 2.24) is 9.97 Å². The van der Waals surface area contributed by atoms with Crippen molar-refractivity contribution in [2.75, 3.05) is 5.73 Å². The molecule has 0 atom stereocenters. The van der Waals surface area contributed by atoms with E-state index in [-0.39, 0.29) is 10.6 Å². The molecule has 0 fully saturated rings. The third kappa shape index (κ3) is 2.97.